The number of benzene rings is 3. The Morgan fingerprint density at radius 2 is 1.67 bits per heavy atom. The molecule has 170 valence electrons. The molecule has 5 rings (SSSR count). The fraction of sp³-hybridized carbons (Fsp3) is 0.321. The maximum atomic E-state index is 12.9. The Labute approximate surface area is 195 Å². The number of nitrogens with zero attached hydrogens (tertiary/aromatic N) is 1. The topological polar surface area (TPSA) is 67.6 Å². The second-order valence-corrected chi connectivity index (χ2v) is 9.05. The number of ether oxygens (including phenoxy) is 1. The minimum atomic E-state index is -0.146. The molecule has 1 heterocycles. The van der Waals surface area contributed by atoms with Gasteiger partial charge in [0.1, 0.15) is 12.4 Å². The van der Waals surface area contributed by atoms with E-state index in [4.69, 9.17) is 10.5 Å². The Morgan fingerprint density at radius 3 is 2.39 bits per heavy atom. The highest BCUT2D eigenvalue weighted by Crippen LogP contribution is 2.38. The van der Waals surface area contributed by atoms with E-state index in [0.29, 0.717) is 25.0 Å². The number of amides is 2. The highest BCUT2D eigenvalue weighted by Gasteiger charge is 2.25. The van der Waals surface area contributed by atoms with Crippen molar-refractivity contribution < 1.29 is 9.53 Å². The number of nitrogens with one attached hydrogen (secondary N) is 1. The van der Waals surface area contributed by atoms with Gasteiger partial charge in [0, 0.05) is 5.69 Å². The summed E-state index contributed by atoms with van der Waals surface area (Å²) in [6.45, 7) is 1.81. The summed E-state index contributed by atoms with van der Waals surface area (Å²) < 4.78 is 5.92. The van der Waals surface area contributed by atoms with Crippen molar-refractivity contribution in [3.8, 4) is 16.9 Å². The van der Waals surface area contributed by atoms with Crippen LogP contribution in [0.5, 0.6) is 5.75 Å². The molecule has 1 fully saturated rings. The maximum absolute atomic E-state index is 12.9. The molecular formula is C28H31N3O2. The van der Waals surface area contributed by atoms with E-state index in [-0.39, 0.29) is 6.03 Å². The van der Waals surface area contributed by atoms with Gasteiger partial charge in [0.05, 0.1) is 12.2 Å². The summed E-state index contributed by atoms with van der Waals surface area (Å²) in [6, 6.07) is 24.4. The van der Waals surface area contributed by atoms with Crippen LogP contribution in [0.25, 0.3) is 11.1 Å². The summed E-state index contributed by atoms with van der Waals surface area (Å²) in [5.74, 6) is 2.09. The lowest BCUT2D eigenvalue weighted by Gasteiger charge is -2.30. The summed E-state index contributed by atoms with van der Waals surface area (Å²) in [5.41, 5.74) is 11.1. The molecule has 0 radical (unpaired) electrons. The van der Waals surface area contributed by atoms with Gasteiger partial charge in [0.25, 0.3) is 0 Å². The molecular weight excluding hydrogens is 410 g/mol. The second-order valence-electron chi connectivity index (χ2n) is 9.05. The van der Waals surface area contributed by atoms with Crippen molar-refractivity contribution in [2.45, 2.75) is 31.6 Å². The Hall–Kier alpha value is -3.31. The Balaban J connectivity index is 1.30. The van der Waals surface area contributed by atoms with Crippen molar-refractivity contribution in [3.05, 3.63) is 78.4 Å². The van der Waals surface area contributed by atoms with Gasteiger partial charge in [0.2, 0.25) is 0 Å². The van der Waals surface area contributed by atoms with E-state index in [1.54, 1.807) is 4.90 Å². The minimum Gasteiger partial charge on any atom is -0.490 e. The van der Waals surface area contributed by atoms with Crippen LogP contribution in [0.4, 0.5) is 16.2 Å². The zero-order valence-electron chi connectivity index (χ0n) is 18.9. The third-order valence-electron chi connectivity index (χ3n) is 6.99. The molecule has 1 aliphatic carbocycles. The van der Waals surface area contributed by atoms with E-state index in [2.05, 4.69) is 35.6 Å². The first-order valence-corrected chi connectivity index (χ1v) is 11.9. The number of carbonyl (C=O) groups is 1. The Kier molecular flexibility index (Phi) is 6.31. The van der Waals surface area contributed by atoms with E-state index in [9.17, 15) is 4.79 Å². The summed E-state index contributed by atoms with van der Waals surface area (Å²) >= 11 is 0. The van der Waals surface area contributed by atoms with Gasteiger partial charge in [-0.15, -0.1) is 0 Å². The van der Waals surface area contributed by atoms with Gasteiger partial charge >= 0.3 is 6.03 Å². The van der Waals surface area contributed by atoms with Crippen molar-refractivity contribution in [1.82, 2.24) is 0 Å². The van der Waals surface area contributed by atoms with Gasteiger partial charge in [-0.2, -0.15) is 0 Å². The van der Waals surface area contributed by atoms with Crippen LogP contribution in [0.1, 0.15) is 37.2 Å². The predicted octanol–water partition coefficient (Wildman–Crippen LogP) is 6.02. The van der Waals surface area contributed by atoms with Gasteiger partial charge in [-0.1, -0.05) is 48.5 Å². The van der Waals surface area contributed by atoms with E-state index >= 15 is 0 Å². The van der Waals surface area contributed by atoms with E-state index in [0.717, 1.165) is 34.8 Å². The van der Waals surface area contributed by atoms with Crippen LogP contribution in [0.15, 0.2) is 72.8 Å². The third kappa shape index (κ3) is 4.74. The average molecular weight is 442 g/mol. The molecule has 1 aliphatic heterocycles. The van der Waals surface area contributed by atoms with Gasteiger partial charge in [0.15, 0.2) is 0 Å². The molecule has 3 aromatic rings. The van der Waals surface area contributed by atoms with Gasteiger partial charge in [-0.25, -0.2) is 4.79 Å². The fourth-order valence-electron chi connectivity index (χ4n) is 5.00. The largest absolute Gasteiger partial charge is 0.490 e. The van der Waals surface area contributed by atoms with Crippen LogP contribution in [-0.4, -0.2) is 25.7 Å². The lowest BCUT2D eigenvalue weighted by molar-refractivity contribution is 0.250. The number of carbonyl (C=O) groups excluding carboxylic acids is 1. The number of urea groups is 1. The number of para-hydroxylation sites is 1. The predicted molar refractivity (Wildman–Crippen MR) is 134 cm³/mol. The highest BCUT2D eigenvalue weighted by molar-refractivity contribution is 6.03. The second kappa shape index (κ2) is 9.67. The molecule has 1 saturated carbocycles. The zero-order valence-corrected chi connectivity index (χ0v) is 18.9. The lowest BCUT2D eigenvalue weighted by Crippen LogP contribution is -2.40. The quantitative estimate of drug-likeness (QED) is 0.520. The Morgan fingerprint density at radius 1 is 0.939 bits per heavy atom. The number of anilines is 2. The van der Waals surface area contributed by atoms with Gasteiger partial charge < -0.3 is 15.8 Å². The van der Waals surface area contributed by atoms with Crippen LogP contribution < -0.4 is 20.7 Å². The van der Waals surface area contributed by atoms with Crippen LogP contribution >= 0.6 is 0 Å². The third-order valence-corrected chi connectivity index (χ3v) is 6.99. The van der Waals surface area contributed by atoms with Crippen LogP contribution in [0, 0.1) is 5.92 Å². The van der Waals surface area contributed by atoms with Crippen molar-refractivity contribution in [2.75, 3.05) is 29.9 Å². The van der Waals surface area contributed by atoms with Crippen molar-refractivity contribution in [1.29, 1.82) is 0 Å². The molecule has 0 bridgehead atoms. The van der Waals surface area contributed by atoms with Gasteiger partial charge in [-0.3, -0.25) is 4.90 Å². The number of hydrogen-bond acceptors (Lipinski definition) is 3. The molecule has 2 amide bonds. The number of hydrogen-bond donors (Lipinski definition) is 2. The van der Waals surface area contributed by atoms with E-state index in [1.165, 1.54) is 31.2 Å². The van der Waals surface area contributed by atoms with Crippen LogP contribution in [0.2, 0.25) is 0 Å². The molecule has 0 aromatic heterocycles. The zero-order chi connectivity index (χ0) is 22.6. The smallest absolute Gasteiger partial charge is 0.326 e. The minimum absolute atomic E-state index is 0.146. The van der Waals surface area contributed by atoms with Crippen LogP contribution in [0.3, 0.4) is 0 Å². The molecule has 3 aromatic carbocycles. The van der Waals surface area contributed by atoms with Crippen LogP contribution in [-0.2, 0) is 0 Å². The molecule has 0 atom stereocenters. The molecule has 5 nitrogen and oxygen atoms in total. The first-order valence-electron chi connectivity index (χ1n) is 11.9. The molecule has 0 spiro atoms. The monoisotopic (exact) mass is 441 g/mol. The van der Waals surface area contributed by atoms with E-state index in [1.807, 2.05) is 42.5 Å². The van der Waals surface area contributed by atoms with E-state index < -0.39 is 0 Å². The molecule has 33 heavy (non-hydrogen) atoms. The lowest BCUT2D eigenvalue weighted by atomic mass is 9.78. The summed E-state index contributed by atoms with van der Waals surface area (Å²) in [7, 11) is 0. The van der Waals surface area contributed by atoms with Crippen molar-refractivity contribution in [3.63, 3.8) is 0 Å². The molecule has 5 heteroatoms. The van der Waals surface area contributed by atoms with Crippen molar-refractivity contribution >= 4 is 17.4 Å². The Bertz CT molecular complexity index is 1090. The molecule has 0 saturated heterocycles. The first-order chi connectivity index (χ1) is 16.2. The van der Waals surface area contributed by atoms with Gasteiger partial charge in [-0.05, 0) is 85.0 Å². The normalized spacial score (nSPS) is 20.0. The first kappa shape index (κ1) is 21.5. The number of fused-ring (bicyclic) bond motifs is 1. The SMILES string of the molecule is NCC1CCC(c2ccc(-c3ccc4c(c3)OCCN4C(=O)Nc3ccccc3)cc2)CC1. The summed E-state index contributed by atoms with van der Waals surface area (Å²) in [5, 5.41) is 2.97. The standard InChI is InChI=1S/C28H31N3O2/c29-19-20-6-8-21(9-7-20)22-10-12-23(13-11-22)24-14-15-26-27(18-24)33-17-16-31(26)28(32)30-25-4-2-1-3-5-25/h1-5,10-15,18,20-21H,6-9,16-17,19,29H2,(H,30,32). The summed E-state index contributed by atoms with van der Waals surface area (Å²) in [4.78, 5) is 14.6. The summed E-state index contributed by atoms with van der Waals surface area (Å²) in [6.07, 6.45) is 4.93. The highest BCUT2D eigenvalue weighted by atomic mass is 16.5. The number of nitrogens with two attached hydrogens (primary N) is 1. The molecule has 3 N–H and O–H groups in total. The molecule has 2 aliphatic rings. The average Bonchev–Trinajstić information content (AvgIpc) is 2.89. The number of rotatable bonds is 4. The maximum Gasteiger partial charge on any atom is 0.326 e. The van der Waals surface area contributed by atoms with Crippen molar-refractivity contribution in [2.24, 2.45) is 11.7 Å². The fourth-order valence-corrected chi connectivity index (χ4v) is 5.00. The molecule has 0 unspecified atom stereocenters.